The average Bonchev–Trinajstić information content (AvgIpc) is 2.71. The van der Waals surface area contributed by atoms with E-state index in [4.69, 9.17) is 4.74 Å². The van der Waals surface area contributed by atoms with E-state index < -0.39 is 0 Å². The van der Waals surface area contributed by atoms with E-state index in [0.29, 0.717) is 5.25 Å². The highest BCUT2D eigenvalue weighted by Gasteiger charge is 2.06. The first kappa shape index (κ1) is 12.5. The summed E-state index contributed by atoms with van der Waals surface area (Å²) in [6, 6.07) is 4.14. The minimum Gasteiger partial charge on any atom is -0.384 e. The molecule has 0 aliphatic rings. The fourth-order valence-corrected chi connectivity index (χ4v) is 2.61. The van der Waals surface area contributed by atoms with Crippen LogP contribution in [0.3, 0.4) is 0 Å². The third-order valence-corrected chi connectivity index (χ3v) is 3.81. The molecule has 2 heterocycles. The predicted molar refractivity (Wildman–Crippen MR) is 72.6 cm³/mol. The lowest BCUT2D eigenvalue weighted by Crippen LogP contribution is -2.05. The second-order valence-corrected chi connectivity index (χ2v) is 5.66. The summed E-state index contributed by atoms with van der Waals surface area (Å²) in [6.45, 7) is 5.05. The minimum absolute atomic E-state index is 0.505. The van der Waals surface area contributed by atoms with E-state index >= 15 is 0 Å². The van der Waals surface area contributed by atoms with Crippen LogP contribution in [-0.2, 0) is 10.5 Å². The van der Waals surface area contributed by atoms with Crippen LogP contribution in [0.25, 0.3) is 5.65 Å². The number of imidazole rings is 1. The van der Waals surface area contributed by atoms with Crippen LogP contribution in [0.15, 0.2) is 24.5 Å². The van der Waals surface area contributed by atoms with Gasteiger partial charge in [-0.05, 0) is 18.6 Å². The lowest BCUT2D eigenvalue weighted by molar-refractivity contribution is 0.203. The van der Waals surface area contributed by atoms with Crippen LogP contribution in [0.2, 0.25) is 0 Å². The number of ether oxygens (including phenoxy) is 1. The second kappa shape index (κ2) is 5.56. The molecule has 4 heteroatoms. The lowest BCUT2D eigenvalue weighted by Gasteiger charge is -2.07. The first-order valence-electron chi connectivity index (χ1n) is 5.74. The molecule has 0 aliphatic heterocycles. The molecular formula is C13H18N2OS. The van der Waals surface area contributed by atoms with Crippen molar-refractivity contribution in [2.45, 2.75) is 24.9 Å². The molecule has 0 N–H and O–H groups in total. The Morgan fingerprint density at radius 2 is 2.35 bits per heavy atom. The van der Waals surface area contributed by atoms with E-state index in [0.717, 1.165) is 23.7 Å². The molecule has 0 fully saturated rings. The molecule has 0 aliphatic carbocycles. The van der Waals surface area contributed by atoms with Gasteiger partial charge in [0.2, 0.25) is 0 Å². The number of hydrogen-bond acceptors (Lipinski definition) is 3. The zero-order valence-electron chi connectivity index (χ0n) is 10.5. The molecule has 0 aromatic carbocycles. The smallest absolute Gasteiger partial charge is 0.139 e. The third-order valence-electron chi connectivity index (χ3n) is 2.64. The van der Waals surface area contributed by atoms with Crippen LogP contribution < -0.4 is 0 Å². The summed E-state index contributed by atoms with van der Waals surface area (Å²) in [4.78, 5) is 4.65. The molecule has 2 aromatic heterocycles. The summed E-state index contributed by atoms with van der Waals surface area (Å²) in [5, 5.41) is 0.505. The summed E-state index contributed by atoms with van der Waals surface area (Å²) in [5.74, 6) is 0.936. The lowest BCUT2D eigenvalue weighted by atomic mass is 10.3. The minimum atomic E-state index is 0.505. The van der Waals surface area contributed by atoms with E-state index in [-0.39, 0.29) is 0 Å². The zero-order chi connectivity index (χ0) is 12.3. The van der Waals surface area contributed by atoms with Gasteiger partial charge in [-0.1, -0.05) is 13.0 Å². The first-order valence-corrected chi connectivity index (χ1v) is 6.79. The molecule has 1 unspecified atom stereocenters. The van der Waals surface area contributed by atoms with Gasteiger partial charge in [0.05, 0.1) is 12.3 Å². The number of hydrogen-bond donors (Lipinski definition) is 0. The first-order chi connectivity index (χ1) is 8.20. The number of fused-ring (bicyclic) bond motifs is 1. The Labute approximate surface area is 106 Å². The second-order valence-electron chi connectivity index (χ2n) is 4.23. The van der Waals surface area contributed by atoms with Crippen molar-refractivity contribution in [2.75, 3.05) is 13.7 Å². The Balaban J connectivity index is 2.07. The van der Waals surface area contributed by atoms with Crippen molar-refractivity contribution in [1.29, 1.82) is 0 Å². The molecule has 0 saturated heterocycles. The van der Waals surface area contributed by atoms with Crippen LogP contribution in [0.1, 0.15) is 18.2 Å². The van der Waals surface area contributed by atoms with E-state index in [1.54, 1.807) is 7.11 Å². The molecule has 0 radical (unpaired) electrons. The Morgan fingerprint density at radius 3 is 3.06 bits per heavy atom. The van der Waals surface area contributed by atoms with Crippen LogP contribution in [0.5, 0.6) is 0 Å². The Morgan fingerprint density at radius 1 is 1.53 bits per heavy atom. The van der Waals surface area contributed by atoms with E-state index in [1.807, 2.05) is 18.0 Å². The van der Waals surface area contributed by atoms with Gasteiger partial charge in [-0.15, -0.1) is 11.8 Å². The molecule has 2 aromatic rings. The van der Waals surface area contributed by atoms with Crippen molar-refractivity contribution >= 4 is 17.4 Å². The standard InChI is InChI=1S/C13H18N2OS/c1-10-5-4-6-15-7-12(14-13(10)15)9-17-11(2)8-16-3/h4-7,11H,8-9H2,1-3H3. The molecule has 1 atom stereocenters. The third kappa shape index (κ3) is 3.01. The summed E-state index contributed by atoms with van der Waals surface area (Å²) in [7, 11) is 1.74. The van der Waals surface area contributed by atoms with Gasteiger partial charge in [0.15, 0.2) is 0 Å². The van der Waals surface area contributed by atoms with Crippen molar-refractivity contribution in [3.8, 4) is 0 Å². The average molecular weight is 250 g/mol. The monoisotopic (exact) mass is 250 g/mol. The number of aromatic nitrogens is 2. The van der Waals surface area contributed by atoms with Gasteiger partial charge in [-0.25, -0.2) is 4.98 Å². The molecule has 17 heavy (non-hydrogen) atoms. The highest BCUT2D eigenvalue weighted by molar-refractivity contribution is 7.99. The SMILES string of the molecule is COCC(C)SCc1cn2cccc(C)c2n1. The van der Waals surface area contributed by atoms with Gasteiger partial charge in [-0.2, -0.15) is 0 Å². The maximum atomic E-state index is 5.12. The molecule has 0 saturated carbocycles. The number of pyridine rings is 1. The van der Waals surface area contributed by atoms with Crippen molar-refractivity contribution in [2.24, 2.45) is 0 Å². The number of rotatable bonds is 5. The van der Waals surface area contributed by atoms with Crippen molar-refractivity contribution < 1.29 is 4.74 Å². The maximum Gasteiger partial charge on any atom is 0.139 e. The topological polar surface area (TPSA) is 26.5 Å². The van der Waals surface area contributed by atoms with Gasteiger partial charge in [0, 0.05) is 30.5 Å². The molecule has 0 amide bonds. The molecule has 2 rings (SSSR count). The Bertz CT molecular complexity index is 495. The summed E-state index contributed by atoms with van der Waals surface area (Å²) in [6.07, 6.45) is 4.15. The van der Waals surface area contributed by atoms with E-state index in [9.17, 15) is 0 Å². The van der Waals surface area contributed by atoms with Crippen molar-refractivity contribution in [1.82, 2.24) is 9.38 Å². The highest BCUT2D eigenvalue weighted by Crippen LogP contribution is 2.18. The van der Waals surface area contributed by atoms with Crippen LogP contribution in [0, 0.1) is 6.92 Å². The summed E-state index contributed by atoms with van der Waals surface area (Å²) >= 11 is 1.87. The number of thioether (sulfide) groups is 1. The molecule has 0 bridgehead atoms. The molecule has 0 spiro atoms. The Kier molecular flexibility index (Phi) is 4.07. The zero-order valence-corrected chi connectivity index (χ0v) is 11.3. The van der Waals surface area contributed by atoms with E-state index in [1.165, 1.54) is 5.56 Å². The fraction of sp³-hybridized carbons (Fsp3) is 0.462. The van der Waals surface area contributed by atoms with Gasteiger partial charge in [0.1, 0.15) is 5.65 Å². The van der Waals surface area contributed by atoms with Crippen molar-refractivity contribution in [3.05, 3.63) is 35.8 Å². The number of methoxy groups -OCH3 is 1. The van der Waals surface area contributed by atoms with Crippen molar-refractivity contribution in [3.63, 3.8) is 0 Å². The number of aryl methyl sites for hydroxylation is 1. The largest absolute Gasteiger partial charge is 0.384 e. The van der Waals surface area contributed by atoms with Crippen LogP contribution in [0.4, 0.5) is 0 Å². The van der Waals surface area contributed by atoms with Gasteiger partial charge < -0.3 is 9.14 Å². The summed E-state index contributed by atoms with van der Waals surface area (Å²) in [5.41, 5.74) is 3.41. The Hall–Kier alpha value is -1.00. The number of nitrogens with zero attached hydrogens (tertiary/aromatic N) is 2. The van der Waals surface area contributed by atoms with Gasteiger partial charge in [-0.3, -0.25) is 0 Å². The maximum absolute atomic E-state index is 5.12. The van der Waals surface area contributed by atoms with E-state index in [2.05, 4.69) is 41.6 Å². The fourth-order valence-electron chi connectivity index (χ4n) is 1.78. The molecule has 92 valence electrons. The quantitative estimate of drug-likeness (QED) is 0.816. The normalized spacial score (nSPS) is 13.1. The summed E-state index contributed by atoms with van der Waals surface area (Å²) < 4.78 is 7.21. The predicted octanol–water partition coefficient (Wildman–Crippen LogP) is 2.91. The molecular weight excluding hydrogens is 232 g/mol. The van der Waals surface area contributed by atoms with Crippen LogP contribution >= 0.6 is 11.8 Å². The van der Waals surface area contributed by atoms with Gasteiger partial charge in [0.25, 0.3) is 0 Å². The highest BCUT2D eigenvalue weighted by atomic mass is 32.2. The van der Waals surface area contributed by atoms with Gasteiger partial charge >= 0.3 is 0 Å². The van der Waals surface area contributed by atoms with Crippen LogP contribution in [-0.4, -0.2) is 28.4 Å². The molecule has 3 nitrogen and oxygen atoms in total.